The second-order valence-corrected chi connectivity index (χ2v) is 6.91. The van der Waals surface area contributed by atoms with Gasteiger partial charge in [-0.05, 0) is 18.9 Å². The third-order valence-electron chi connectivity index (χ3n) is 3.42. The van der Waals surface area contributed by atoms with Crippen LogP contribution in [0.5, 0.6) is 0 Å². The van der Waals surface area contributed by atoms with E-state index in [9.17, 15) is 18.3 Å². The van der Waals surface area contributed by atoms with Gasteiger partial charge >= 0.3 is 0 Å². The van der Waals surface area contributed by atoms with Gasteiger partial charge in [0.2, 0.25) is 15.9 Å². The van der Waals surface area contributed by atoms with Crippen molar-refractivity contribution in [1.29, 1.82) is 0 Å². The highest BCUT2D eigenvalue weighted by Crippen LogP contribution is 2.28. The standard InChI is InChI=1S/C12H18N2O5S/c1-13-11(15)7-12(16)4-2-5-14(9-12)20(17,18)10-3-6-19-8-10/h3,6,8,16H,2,4-5,7,9H2,1H3,(H,13,15). The van der Waals surface area contributed by atoms with Gasteiger partial charge in [0.05, 0.1) is 18.3 Å². The Balaban J connectivity index is 2.17. The molecule has 1 aliphatic heterocycles. The molecule has 1 aliphatic rings. The van der Waals surface area contributed by atoms with Gasteiger partial charge in [-0.3, -0.25) is 4.79 Å². The van der Waals surface area contributed by atoms with Crippen LogP contribution in [0.3, 0.4) is 0 Å². The number of rotatable bonds is 4. The molecule has 1 atom stereocenters. The maximum atomic E-state index is 12.3. The van der Waals surface area contributed by atoms with Crippen molar-refractivity contribution in [2.24, 2.45) is 0 Å². The molecule has 1 aromatic rings. The van der Waals surface area contributed by atoms with Crippen molar-refractivity contribution in [3.63, 3.8) is 0 Å². The molecule has 20 heavy (non-hydrogen) atoms. The van der Waals surface area contributed by atoms with E-state index in [1.807, 2.05) is 0 Å². The van der Waals surface area contributed by atoms with Gasteiger partial charge in [-0.25, -0.2) is 8.42 Å². The molecule has 0 saturated carbocycles. The lowest BCUT2D eigenvalue weighted by Gasteiger charge is -2.37. The molecule has 112 valence electrons. The molecule has 0 aromatic carbocycles. The number of carbonyl (C=O) groups is 1. The number of aliphatic hydroxyl groups is 1. The summed E-state index contributed by atoms with van der Waals surface area (Å²) >= 11 is 0. The Bertz CT molecular complexity index is 569. The van der Waals surface area contributed by atoms with Crippen LogP contribution in [0.1, 0.15) is 19.3 Å². The van der Waals surface area contributed by atoms with Crippen molar-refractivity contribution in [2.75, 3.05) is 20.1 Å². The minimum atomic E-state index is -3.68. The molecule has 8 heteroatoms. The largest absolute Gasteiger partial charge is 0.471 e. The molecule has 1 unspecified atom stereocenters. The molecule has 2 N–H and O–H groups in total. The molecular formula is C12H18N2O5S. The van der Waals surface area contributed by atoms with Gasteiger partial charge in [0.15, 0.2) is 0 Å². The van der Waals surface area contributed by atoms with Crippen LogP contribution < -0.4 is 5.32 Å². The number of furan rings is 1. The van der Waals surface area contributed by atoms with E-state index in [1.54, 1.807) is 0 Å². The molecule has 2 heterocycles. The fraction of sp³-hybridized carbons (Fsp3) is 0.583. The first-order valence-electron chi connectivity index (χ1n) is 6.33. The van der Waals surface area contributed by atoms with E-state index in [4.69, 9.17) is 4.42 Å². The van der Waals surface area contributed by atoms with E-state index in [-0.39, 0.29) is 23.8 Å². The number of nitrogens with zero attached hydrogens (tertiary/aromatic N) is 1. The summed E-state index contributed by atoms with van der Waals surface area (Å²) in [5.74, 6) is -0.310. The fourth-order valence-corrected chi connectivity index (χ4v) is 3.84. The second kappa shape index (κ2) is 5.55. The van der Waals surface area contributed by atoms with Crippen molar-refractivity contribution in [2.45, 2.75) is 29.8 Å². The lowest BCUT2D eigenvalue weighted by molar-refractivity contribution is -0.127. The first-order valence-corrected chi connectivity index (χ1v) is 7.77. The molecule has 1 aromatic heterocycles. The Labute approximate surface area is 117 Å². The number of nitrogens with one attached hydrogen (secondary N) is 1. The van der Waals surface area contributed by atoms with E-state index in [2.05, 4.69) is 5.32 Å². The summed E-state index contributed by atoms with van der Waals surface area (Å²) in [5.41, 5.74) is -1.32. The average molecular weight is 302 g/mol. The summed E-state index contributed by atoms with van der Waals surface area (Å²) in [5, 5.41) is 12.9. The maximum absolute atomic E-state index is 12.3. The van der Waals surface area contributed by atoms with Crippen molar-refractivity contribution >= 4 is 15.9 Å². The van der Waals surface area contributed by atoms with Crippen molar-refractivity contribution in [3.05, 3.63) is 18.6 Å². The van der Waals surface area contributed by atoms with Gasteiger partial charge in [-0.2, -0.15) is 4.31 Å². The quantitative estimate of drug-likeness (QED) is 0.811. The number of carbonyl (C=O) groups excluding carboxylic acids is 1. The van der Waals surface area contributed by atoms with Gasteiger partial charge in [0.1, 0.15) is 11.2 Å². The molecular weight excluding hydrogens is 284 g/mol. The summed E-state index contributed by atoms with van der Waals surface area (Å²) in [7, 11) is -2.20. The van der Waals surface area contributed by atoms with Crippen LogP contribution in [0.25, 0.3) is 0 Å². The number of β-amino-alcohol motifs (C(OH)–C–C–N with tert-alkyl or cyclic N) is 1. The first kappa shape index (κ1) is 15.0. The van der Waals surface area contributed by atoms with E-state index in [0.29, 0.717) is 19.4 Å². The predicted molar refractivity (Wildman–Crippen MR) is 70.3 cm³/mol. The SMILES string of the molecule is CNC(=O)CC1(O)CCCN(S(=O)(=O)c2ccoc2)C1. The highest BCUT2D eigenvalue weighted by molar-refractivity contribution is 7.89. The molecule has 1 amide bonds. The van der Waals surface area contributed by atoms with Gasteiger partial charge in [-0.1, -0.05) is 0 Å². The zero-order chi connectivity index (χ0) is 14.8. The number of hydrogen-bond acceptors (Lipinski definition) is 5. The van der Waals surface area contributed by atoms with Gasteiger partial charge in [0.25, 0.3) is 0 Å². The van der Waals surface area contributed by atoms with Crippen molar-refractivity contribution in [3.8, 4) is 0 Å². The lowest BCUT2D eigenvalue weighted by Crippen LogP contribution is -2.51. The first-order chi connectivity index (χ1) is 9.37. The minimum Gasteiger partial charge on any atom is -0.471 e. The van der Waals surface area contributed by atoms with Crippen LogP contribution in [0, 0.1) is 0 Å². The van der Waals surface area contributed by atoms with Crippen LogP contribution in [0.2, 0.25) is 0 Å². The molecule has 0 spiro atoms. The summed E-state index contributed by atoms with van der Waals surface area (Å²) in [6.07, 6.45) is 3.23. The van der Waals surface area contributed by atoms with Crippen LogP contribution in [0.4, 0.5) is 0 Å². The normalized spacial score (nSPS) is 24.5. The molecule has 1 fully saturated rings. The Kier molecular flexibility index (Phi) is 4.17. The number of hydrogen-bond donors (Lipinski definition) is 2. The van der Waals surface area contributed by atoms with E-state index >= 15 is 0 Å². The molecule has 0 aliphatic carbocycles. The van der Waals surface area contributed by atoms with E-state index < -0.39 is 15.6 Å². The minimum absolute atomic E-state index is 0.0571. The Hall–Kier alpha value is -1.38. The molecule has 0 bridgehead atoms. The Morgan fingerprint density at radius 1 is 1.60 bits per heavy atom. The van der Waals surface area contributed by atoms with Crippen molar-refractivity contribution in [1.82, 2.24) is 9.62 Å². The number of sulfonamides is 1. The monoisotopic (exact) mass is 302 g/mol. The van der Waals surface area contributed by atoms with Gasteiger partial charge in [0, 0.05) is 20.1 Å². The Morgan fingerprint density at radius 2 is 2.35 bits per heavy atom. The predicted octanol–water partition coefficient (Wildman–Crippen LogP) is -0.0687. The highest BCUT2D eigenvalue weighted by Gasteiger charge is 2.40. The smallest absolute Gasteiger partial charge is 0.246 e. The molecule has 2 rings (SSSR count). The zero-order valence-corrected chi connectivity index (χ0v) is 12.0. The topological polar surface area (TPSA) is 99.9 Å². The summed E-state index contributed by atoms with van der Waals surface area (Å²) in [6, 6.07) is 1.36. The number of piperidine rings is 1. The molecule has 1 saturated heterocycles. The summed E-state index contributed by atoms with van der Waals surface area (Å²) in [6.45, 7) is 0.234. The highest BCUT2D eigenvalue weighted by atomic mass is 32.2. The second-order valence-electron chi connectivity index (χ2n) is 4.98. The maximum Gasteiger partial charge on any atom is 0.246 e. The third kappa shape index (κ3) is 3.02. The Morgan fingerprint density at radius 3 is 2.95 bits per heavy atom. The lowest BCUT2D eigenvalue weighted by atomic mass is 9.90. The van der Waals surface area contributed by atoms with Crippen molar-refractivity contribution < 1.29 is 22.7 Å². The third-order valence-corrected chi connectivity index (χ3v) is 5.24. The van der Waals surface area contributed by atoms with E-state index in [0.717, 1.165) is 6.26 Å². The van der Waals surface area contributed by atoms with Crippen LogP contribution in [-0.2, 0) is 14.8 Å². The van der Waals surface area contributed by atoms with Crippen LogP contribution in [0.15, 0.2) is 27.9 Å². The van der Waals surface area contributed by atoms with E-state index in [1.165, 1.54) is 23.7 Å². The zero-order valence-electron chi connectivity index (χ0n) is 11.2. The summed E-state index contributed by atoms with van der Waals surface area (Å²) in [4.78, 5) is 11.5. The van der Waals surface area contributed by atoms with Gasteiger partial charge < -0.3 is 14.8 Å². The van der Waals surface area contributed by atoms with Gasteiger partial charge in [-0.15, -0.1) is 0 Å². The average Bonchev–Trinajstić information content (AvgIpc) is 2.92. The van der Waals surface area contributed by atoms with Crippen LogP contribution >= 0.6 is 0 Å². The fourth-order valence-electron chi connectivity index (χ4n) is 2.36. The summed E-state index contributed by atoms with van der Waals surface area (Å²) < 4.78 is 30.7. The number of amides is 1. The molecule has 7 nitrogen and oxygen atoms in total. The van der Waals surface area contributed by atoms with Crippen LogP contribution in [-0.4, -0.2) is 49.5 Å². The molecule has 0 radical (unpaired) electrons.